The van der Waals surface area contributed by atoms with Crippen molar-refractivity contribution < 1.29 is 14.3 Å². The minimum atomic E-state index is 0.111. The van der Waals surface area contributed by atoms with E-state index in [9.17, 15) is 4.79 Å². The molecule has 0 aromatic carbocycles. The molecular weight excluding hydrogens is 274 g/mol. The number of thiophene rings is 1. The SMILES string of the molecule is C[C@@H]1CN(C(=O)c2ccc([C@H]3CCCO3)s2)C[C@H](C)O1. The fraction of sp³-hybridized carbons (Fsp3) is 0.667. The molecule has 0 spiro atoms. The highest BCUT2D eigenvalue weighted by molar-refractivity contribution is 7.14. The van der Waals surface area contributed by atoms with Gasteiger partial charge in [-0.15, -0.1) is 11.3 Å². The molecule has 0 saturated carbocycles. The quantitative estimate of drug-likeness (QED) is 0.842. The molecule has 2 aliphatic heterocycles. The summed E-state index contributed by atoms with van der Waals surface area (Å²) in [6.45, 7) is 6.22. The van der Waals surface area contributed by atoms with Crippen LogP contribution in [-0.4, -0.2) is 42.7 Å². The third kappa shape index (κ3) is 2.90. The van der Waals surface area contributed by atoms with Crippen molar-refractivity contribution in [1.29, 1.82) is 0 Å². The van der Waals surface area contributed by atoms with Crippen molar-refractivity contribution in [3.05, 3.63) is 21.9 Å². The summed E-state index contributed by atoms with van der Waals surface area (Å²) in [6, 6.07) is 3.98. The Kier molecular flexibility index (Phi) is 4.10. The molecule has 5 heteroatoms. The molecule has 3 atom stereocenters. The zero-order valence-corrected chi connectivity index (χ0v) is 12.8. The molecule has 1 amide bonds. The molecule has 0 aliphatic carbocycles. The van der Waals surface area contributed by atoms with Gasteiger partial charge in [0, 0.05) is 24.6 Å². The van der Waals surface area contributed by atoms with E-state index in [1.807, 2.05) is 30.9 Å². The first-order valence-electron chi connectivity index (χ1n) is 7.29. The van der Waals surface area contributed by atoms with E-state index < -0.39 is 0 Å². The first kappa shape index (κ1) is 14.0. The zero-order valence-electron chi connectivity index (χ0n) is 12.0. The first-order valence-corrected chi connectivity index (χ1v) is 8.11. The van der Waals surface area contributed by atoms with E-state index in [0.29, 0.717) is 13.1 Å². The molecule has 1 aromatic heterocycles. The number of morpholine rings is 1. The summed E-state index contributed by atoms with van der Waals surface area (Å²) in [6.07, 6.45) is 2.61. The number of amides is 1. The summed E-state index contributed by atoms with van der Waals surface area (Å²) < 4.78 is 11.4. The molecule has 0 N–H and O–H groups in total. The van der Waals surface area contributed by atoms with Gasteiger partial charge in [0.25, 0.3) is 5.91 Å². The lowest BCUT2D eigenvalue weighted by Gasteiger charge is -2.35. The average Bonchev–Trinajstić information content (AvgIpc) is 3.07. The average molecular weight is 295 g/mol. The lowest BCUT2D eigenvalue weighted by atomic mass is 10.2. The molecule has 0 radical (unpaired) electrons. The maximum Gasteiger partial charge on any atom is 0.264 e. The van der Waals surface area contributed by atoms with E-state index in [2.05, 4.69) is 0 Å². The van der Waals surface area contributed by atoms with Gasteiger partial charge in [-0.05, 0) is 38.8 Å². The summed E-state index contributed by atoms with van der Waals surface area (Å²) >= 11 is 1.58. The summed E-state index contributed by atoms with van der Waals surface area (Å²) in [4.78, 5) is 16.5. The van der Waals surface area contributed by atoms with Gasteiger partial charge in [0.1, 0.15) is 0 Å². The van der Waals surface area contributed by atoms with E-state index in [1.165, 1.54) is 4.88 Å². The standard InChI is InChI=1S/C15H21NO3S/c1-10-8-16(9-11(2)19-10)15(17)14-6-5-13(20-14)12-4-3-7-18-12/h5-6,10-12H,3-4,7-9H2,1-2H3/t10-,11+,12-/m1/s1. The second kappa shape index (κ2) is 5.84. The molecule has 2 aliphatic rings. The van der Waals surface area contributed by atoms with Crippen LogP contribution in [0.3, 0.4) is 0 Å². The fourth-order valence-corrected chi connectivity index (χ4v) is 4.00. The zero-order chi connectivity index (χ0) is 14.1. The van der Waals surface area contributed by atoms with Gasteiger partial charge in [-0.2, -0.15) is 0 Å². The predicted molar refractivity (Wildman–Crippen MR) is 78.2 cm³/mol. The van der Waals surface area contributed by atoms with Crippen LogP contribution >= 0.6 is 11.3 Å². The van der Waals surface area contributed by atoms with Gasteiger partial charge in [0.05, 0.1) is 23.2 Å². The van der Waals surface area contributed by atoms with Crippen LogP contribution in [-0.2, 0) is 9.47 Å². The molecule has 4 nitrogen and oxygen atoms in total. The van der Waals surface area contributed by atoms with Gasteiger partial charge >= 0.3 is 0 Å². The molecule has 110 valence electrons. The highest BCUT2D eigenvalue weighted by Gasteiger charge is 2.28. The van der Waals surface area contributed by atoms with Gasteiger partial charge in [0.2, 0.25) is 0 Å². The predicted octanol–water partition coefficient (Wildman–Crippen LogP) is 2.85. The van der Waals surface area contributed by atoms with E-state index in [1.54, 1.807) is 11.3 Å². The highest BCUT2D eigenvalue weighted by atomic mass is 32.1. The molecule has 2 saturated heterocycles. The summed E-state index contributed by atoms with van der Waals surface area (Å²) in [5, 5.41) is 0. The Labute approximate surface area is 123 Å². The number of carbonyl (C=O) groups is 1. The molecule has 0 unspecified atom stereocenters. The van der Waals surface area contributed by atoms with Crippen LogP contribution < -0.4 is 0 Å². The van der Waals surface area contributed by atoms with Crippen molar-refractivity contribution in [2.75, 3.05) is 19.7 Å². The third-order valence-electron chi connectivity index (χ3n) is 3.79. The molecule has 3 heterocycles. The number of hydrogen-bond acceptors (Lipinski definition) is 4. The lowest BCUT2D eigenvalue weighted by molar-refractivity contribution is -0.0585. The van der Waals surface area contributed by atoms with Crippen molar-refractivity contribution in [1.82, 2.24) is 4.90 Å². The number of nitrogens with zero attached hydrogens (tertiary/aromatic N) is 1. The maximum absolute atomic E-state index is 12.6. The van der Waals surface area contributed by atoms with Crippen molar-refractivity contribution in [3.63, 3.8) is 0 Å². The van der Waals surface area contributed by atoms with E-state index in [4.69, 9.17) is 9.47 Å². The van der Waals surface area contributed by atoms with Crippen LogP contribution in [0.5, 0.6) is 0 Å². The van der Waals surface area contributed by atoms with Crippen molar-refractivity contribution in [2.24, 2.45) is 0 Å². The topological polar surface area (TPSA) is 38.8 Å². The first-order chi connectivity index (χ1) is 9.63. The second-order valence-corrected chi connectivity index (χ2v) is 6.79. The maximum atomic E-state index is 12.6. The van der Waals surface area contributed by atoms with Crippen LogP contribution in [0, 0.1) is 0 Å². The second-order valence-electron chi connectivity index (χ2n) is 5.67. The summed E-state index contributed by atoms with van der Waals surface area (Å²) in [5.74, 6) is 0.126. The highest BCUT2D eigenvalue weighted by Crippen LogP contribution is 2.33. The van der Waals surface area contributed by atoms with Crippen LogP contribution in [0.15, 0.2) is 12.1 Å². The van der Waals surface area contributed by atoms with Crippen molar-refractivity contribution >= 4 is 17.2 Å². The van der Waals surface area contributed by atoms with Crippen LogP contribution in [0.1, 0.15) is 47.3 Å². The Morgan fingerprint density at radius 3 is 2.70 bits per heavy atom. The van der Waals surface area contributed by atoms with Crippen LogP contribution in [0.25, 0.3) is 0 Å². The number of ether oxygens (including phenoxy) is 2. The Balaban J connectivity index is 1.70. The van der Waals surface area contributed by atoms with Crippen molar-refractivity contribution in [2.45, 2.75) is 45.0 Å². The molecule has 1 aromatic rings. The Morgan fingerprint density at radius 1 is 1.30 bits per heavy atom. The van der Waals surface area contributed by atoms with Gasteiger partial charge in [0.15, 0.2) is 0 Å². The Morgan fingerprint density at radius 2 is 2.05 bits per heavy atom. The normalized spacial score (nSPS) is 30.7. The molecular formula is C15H21NO3S. The Hall–Kier alpha value is -0.910. The minimum absolute atomic E-state index is 0.111. The van der Waals surface area contributed by atoms with E-state index >= 15 is 0 Å². The number of hydrogen-bond donors (Lipinski definition) is 0. The van der Waals surface area contributed by atoms with E-state index in [0.717, 1.165) is 24.3 Å². The molecule has 20 heavy (non-hydrogen) atoms. The molecule has 3 rings (SSSR count). The largest absolute Gasteiger partial charge is 0.373 e. The van der Waals surface area contributed by atoms with Crippen molar-refractivity contribution in [3.8, 4) is 0 Å². The van der Waals surface area contributed by atoms with Gasteiger partial charge in [-0.1, -0.05) is 0 Å². The van der Waals surface area contributed by atoms with E-state index in [-0.39, 0.29) is 24.2 Å². The number of carbonyl (C=O) groups excluding carboxylic acids is 1. The van der Waals surface area contributed by atoms with Crippen LogP contribution in [0.4, 0.5) is 0 Å². The van der Waals surface area contributed by atoms with Gasteiger partial charge in [-0.3, -0.25) is 4.79 Å². The Bertz CT molecular complexity index is 471. The fourth-order valence-electron chi connectivity index (χ4n) is 2.94. The van der Waals surface area contributed by atoms with Gasteiger partial charge < -0.3 is 14.4 Å². The summed E-state index contributed by atoms with van der Waals surface area (Å²) in [5.41, 5.74) is 0. The third-order valence-corrected chi connectivity index (χ3v) is 4.96. The van der Waals surface area contributed by atoms with Crippen LogP contribution in [0.2, 0.25) is 0 Å². The number of rotatable bonds is 2. The minimum Gasteiger partial charge on any atom is -0.373 e. The lowest BCUT2D eigenvalue weighted by Crippen LogP contribution is -2.48. The van der Waals surface area contributed by atoms with Gasteiger partial charge in [-0.25, -0.2) is 0 Å². The summed E-state index contributed by atoms with van der Waals surface area (Å²) in [7, 11) is 0. The monoisotopic (exact) mass is 295 g/mol. The molecule has 0 bridgehead atoms. The molecule has 2 fully saturated rings. The smallest absolute Gasteiger partial charge is 0.264 e.